The molecule has 0 aliphatic carbocycles. The van der Waals surface area contributed by atoms with Crippen molar-refractivity contribution >= 4 is 17.8 Å². The third-order valence-electron chi connectivity index (χ3n) is 2.27. The molecule has 6 nitrogen and oxygen atoms in total. The molecule has 1 aromatic rings. The van der Waals surface area contributed by atoms with Crippen LogP contribution in [0.1, 0.15) is 6.42 Å². The first-order valence-corrected chi connectivity index (χ1v) is 4.48. The molecule has 15 heavy (non-hydrogen) atoms. The zero-order chi connectivity index (χ0) is 10.8. The van der Waals surface area contributed by atoms with E-state index in [0.717, 1.165) is 0 Å². The molecule has 78 valence electrons. The molecule has 0 spiro atoms. The molecule has 1 aromatic heterocycles. The lowest BCUT2D eigenvalue weighted by Crippen LogP contribution is -2.27. The van der Waals surface area contributed by atoms with Crippen molar-refractivity contribution in [3.8, 4) is 0 Å². The second-order valence-electron chi connectivity index (χ2n) is 3.29. The van der Waals surface area contributed by atoms with Crippen LogP contribution in [-0.2, 0) is 9.59 Å². The zero-order valence-electron chi connectivity index (χ0n) is 7.83. The van der Waals surface area contributed by atoms with E-state index in [1.54, 1.807) is 6.07 Å². The average molecular weight is 207 g/mol. The Morgan fingerprint density at radius 2 is 2.13 bits per heavy atom. The maximum absolute atomic E-state index is 11.5. The van der Waals surface area contributed by atoms with Crippen LogP contribution in [0.5, 0.6) is 0 Å². The highest BCUT2D eigenvalue weighted by molar-refractivity contribution is 5.97. The Balaban J connectivity index is 2.19. The van der Waals surface area contributed by atoms with Crippen molar-refractivity contribution in [2.45, 2.75) is 6.42 Å². The van der Waals surface area contributed by atoms with Gasteiger partial charge in [0, 0.05) is 25.4 Å². The van der Waals surface area contributed by atoms with Gasteiger partial charge >= 0.3 is 5.97 Å². The van der Waals surface area contributed by atoms with E-state index < -0.39 is 11.9 Å². The minimum atomic E-state index is -0.957. The second-order valence-corrected chi connectivity index (χ2v) is 3.29. The molecule has 0 aromatic carbocycles. The highest BCUT2D eigenvalue weighted by Gasteiger charge is 2.36. The van der Waals surface area contributed by atoms with Gasteiger partial charge in [-0.25, -0.2) is 9.97 Å². The van der Waals surface area contributed by atoms with E-state index in [9.17, 15) is 9.59 Å². The first kappa shape index (κ1) is 9.57. The molecule has 1 amide bonds. The number of hydrogen-bond donors (Lipinski definition) is 1. The summed E-state index contributed by atoms with van der Waals surface area (Å²) in [5.41, 5.74) is 0. The van der Waals surface area contributed by atoms with Gasteiger partial charge in [-0.05, 0) is 6.07 Å². The number of aromatic nitrogens is 2. The maximum atomic E-state index is 11.5. The molecule has 6 heteroatoms. The van der Waals surface area contributed by atoms with Crippen molar-refractivity contribution < 1.29 is 14.7 Å². The van der Waals surface area contributed by atoms with E-state index in [2.05, 4.69) is 9.97 Å². The Kier molecular flexibility index (Phi) is 2.32. The zero-order valence-corrected chi connectivity index (χ0v) is 7.83. The van der Waals surface area contributed by atoms with Gasteiger partial charge in [0.25, 0.3) is 0 Å². The summed E-state index contributed by atoms with van der Waals surface area (Å²) in [7, 11) is 0. The summed E-state index contributed by atoms with van der Waals surface area (Å²) in [5, 5.41) is 8.78. The molecule has 1 fully saturated rings. The Morgan fingerprint density at radius 1 is 1.47 bits per heavy atom. The van der Waals surface area contributed by atoms with Crippen LogP contribution in [0, 0.1) is 5.92 Å². The number of carbonyl (C=O) groups excluding carboxylic acids is 1. The maximum Gasteiger partial charge on any atom is 0.308 e. The number of hydrogen-bond acceptors (Lipinski definition) is 4. The minimum Gasteiger partial charge on any atom is -0.481 e. The minimum absolute atomic E-state index is 0.0214. The fourth-order valence-corrected chi connectivity index (χ4v) is 1.50. The highest BCUT2D eigenvalue weighted by atomic mass is 16.4. The molecule has 1 N–H and O–H groups in total. The summed E-state index contributed by atoms with van der Waals surface area (Å²) in [6.45, 7) is 0.151. The third kappa shape index (κ3) is 1.78. The quantitative estimate of drug-likeness (QED) is 0.732. The summed E-state index contributed by atoms with van der Waals surface area (Å²) < 4.78 is 0. The van der Waals surface area contributed by atoms with E-state index >= 15 is 0 Å². The number of amides is 1. The highest BCUT2D eigenvalue weighted by Crippen LogP contribution is 2.21. The van der Waals surface area contributed by atoms with Crippen molar-refractivity contribution in [3.63, 3.8) is 0 Å². The molecular formula is C9H9N3O3. The van der Waals surface area contributed by atoms with Crippen molar-refractivity contribution in [2.75, 3.05) is 11.4 Å². The van der Waals surface area contributed by atoms with Gasteiger partial charge in [0.05, 0.1) is 5.92 Å². The van der Waals surface area contributed by atoms with Crippen LogP contribution in [0.4, 0.5) is 5.95 Å². The van der Waals surface area contributed by atoms with Crippen LogP contribution in [-0.4, -0.2) is 33.5 Å². The van der Waals surface area contributed by atoms with E-state index in [-0.39, 0.29) is 24.8 Å². The smallest absolute Gasteiger partial charge is 0.308 e. The first-order valence-electron chi connectivity index (χ1n) is 4.48. The van der Waals surface area contributed by atoms with E-state index in [1.165, 1.54) is 17.3 Å². The van der Waals surface area contributed by atoms with Crippen LogP contribution in [0.3, 0.4) is 0 Å². The van der Waals surface area contributed by atoms with Crippen molar-refractivity contribution in [2.24, 2.45) is 5.92 Å². The number of rotatable bonds is 2. The molecule has 2 heterocycles. The van der Waals surface area contributed by atoms with E-state index in [0.29, 0.717) is 0 Å². The lowest BCUT2D eigenvalue weighted by Gasteiger charge is -2.12. The fraction of sp³-hybridized carbons (Fsp3) is 0.333. The van der Waals surface area contributed by atoms with Gasteiger partial charge in [0.2, 0.25) is 11.9 Å². The SMILES string of the molecule is O=C(O)C1CC(=O)N(c2ncccn2)C1. The topological polar surface area (TPSA) is 83.4 Å². The number of carboxylic acids is 1. The Bertz CT molecular complexity index is 393. The number of anilines is 1. The molecule has 2 rings (SSSR count). The van der Waals surface area contributed by atoms with Crippen molar-refractivity contribution in [1.82, 2.24) is 9.97 Å². The summed E-state index contributed by atoms with van der Waals surface area (Å²) in [6.07, 6.45) is 3.06. The Morgan fingerprint density at radius 3 is 2.67 bits per heavy atom. The lowest BCUT2D eigenvalue weighted by atomic mass is 10.1. The Labute approximate surface area is 85.6 Å². The van der Waals surface area contributed by atoms with Gasteiger partial charge in [0.15, 0.2) is 0 Å². The summed E-state index contributed by atoms with van der Waals surface area (Å²) in [6, 6.07) is 1.64. The number of nitrogens with zero attached hydrogens (tertiary/aromatic N) is 3. The molecule has 1 atom stereocenters. The Hall–Kier alpha value is -1.98. The van der Waals surface area contributed by atoms with Gasteiger partial charge < -0.3 is 5.11 Å². The van der Waals surface area contributed by atoms with Crippen LogP contribution < -0.4 is 4.90 Å². The molecule has 1 aliphatic heterocycles. The summed E-state index contributed by atoms with van der Waals surface area (Å²) in [5.74, 6) is -1.58. The number of aliphatic carboxylic acids is 1. The first-order chi connectivity index (χ1) is 7.18. The number of carbonyl (C=O) groups is 2. The molecule has 1 saturated heterocycles. The van der Waals surface area contributed by atoms with Crippen LogP contribution >= 0.6 is 0 Å². The van der Waals surface area contributed by atoms with Crippen molar-refractivity contribution in [3.05, 3.63) is 18.5 Å². The van der Waals surface area contributed by atoms with Crippen LogP contribution in [0.2, 0.25) is 0 Å². The van der Waals surface area contributed by atoms with Crippen molar-refractivity contribution in [1.29, 1.82) is 0 Å². The van der Waals surface area contributed by atoms with E-state index in [1.807, 2.05) is 0 Å². The van der Waals surface area contributed by atoms with Gasteiger partial charge in [-0.15, -0.1) is 0 Å². The normalized spacial score (nSPS) is 20.7. The predicted octanol–water partition coefficient (Wildman–Crippen LogP) is -0.0859. The third-order valence-corrected chi connectivity index (χ3v) is 2.27. The van der Waals surface area contributed by atoms with Crippen LogP contribution in [0.15, 0.2) is 18.5 Å². The van der Waals surface area contributed by atoms with Gasteiger partial charge in [-0.1, -0.05) is 0 Å². The molecule has 1 aliphatic rings. The summed E-state index contributed by atoms with van der Waals surface area (Å²) >= 11 is 0. The lowest BCUT2D eigenvalue weighted by molar-refractivity contribution is -0.141. The average Bonchev–Trinajstić information content (AvgIpc) is 2.62. The predicted molar refractivity (Wildman–Crippen MR) is 50.1 cm³/mol. The van der Waals surface area contributed by atoms with Crippen LogP contribution in [0.25, 0.3) is 0 Å². The molecule has 0 bridgehead atoms. The van der Waals surface area contributed by atoms with Gasteiger partial charge in [-0.3, -0.25) is 14.5 Å². The molecular weight excluding hydrogens is 198 g/mol. The second kappa shape index (κ2) is 3.64. The molecule has 1 unspecified atom stereocenters. The summed E-state index contributed by atoms with van der Waals surface area (Å²) in [4.78, 5) is 31.3. The standard InChI is InChI=1S/C9H9N3O3/c13-7-4-6(8(14)15)5-12(7)9-10-2-1-3-11-9/h1-3,6H,4-5H2,(H,14,15). The fourth-order valence-electron chi connectivity index (χ4n) is 1.50. The largest absolute Gasteiger partial charge is 0.481 e. The monoisotopic (exact) mass is 207 g/mol. The molecule has 0 saturated carbocycles. The van der Waals surface area contributed by atoms with E-state index in [4.69, 9.17) is 5.11 Å². The molecule has 0 radical (unpaired) electrons. The van der Waals surface area contributed by atoms with Gasteiger partial charge in [-0.2, -0.15) is 0 Å². The number of carboxylic acid groups (broad SMARTS) is 1. The van der Waals surface area contributed by atoms with Gasteiger partial charge in [0.1, 0.15) is 0 Å².